The molecule has 0 radical (unpaired) electrons. The summed E-state index contributed by atoms with van der Waals surface area (Å²) in [7, 11) is 1.60. The maximum absolute atomic E-state index is 13.4. The van der Waals surface area contributed by atoms with Crippen LogP contribution in [0.3, 0.4) is 0 Å². The highest BCUT2D eigenvalue weighted by Crippen LogP contribution is 2.35. The molecule has 11 heteroatoms. The molecule has 1 saturated carbocycles. The Balaban J connectivity index is 1.47. The zero-order valence-electron chi connectivity index (χ0n) is 18.5. The van der Waals surface area contributed by atoms with Crippen LogP contribution in [0.5, 0.6) is 0 Å². The number of pyridine rings is 1. The Labute approximate surface area is 199 Å². The van der Waals surface area contributed by atoms with Gasteiger partial charge in [0.15, 0.2) is 0 Å². The lowest BCUT2D eigenvalue weighted by Crippen LogP contribution is -2.41. The first-order chi connectivity index (χ1) is 16.2. The van der Waals surface area contributed by atoms with E-state index in [1.54, 1.807) is 24.1 Å². The SMILES string of the molecule is COCCn1cc(C(=O)N[C@@H]2CCCC(Nc3cc(C(F)(F)F)nc4ccc(Cl)cc34)C2)cn1. The molecular weight excluding hydrogens is 471 g/mol. The number of amides is 1. The minimum atomic E-state index is -4.57. The number of benzene rings is 1. The molecule has 0 aliphatic heterocycles. The normalized spacial score (nSPS) is 18.7. The number of rotatable bonds is 7. The van der Waals surface area contributed by atoms with Crippen LogP contribution in [0.2, 0.25) is 5.02 Å². The lowest BCUT2D eigenvalue weighted by molar-refractivity contribution is -0.140. The summed E-state index contributed by atoms with van der Waals surface area (Å²) in [4.78, 5) is 16.4. The number of carbonyl (C=O) groups excluding carboxylic acids is 1. The molecule has 1 aromatic carbocycles. The van der Waals surface area contributed by atoms with Crippen molar-refractivity contribution >= 4 is 34.1 Å². The van der Waals surface area contributed by atoms with Crippen molar-refractivity contribution in [1.29, 1.82) is 0 Å². The molecule has 0 saturated heterocycles. The largest absolute Gasteiger partial charge is 0.433 e. The molecule has 4 rings (SSSR count). The van der Waals surface area contributed by atoms with E-state index in [1.807, 2.05) is 0 Å². The van der Waals surface area contributed by atoms with E-state index in [0.29, 0.717) is 41.2 Å². The molecule has 2 atom stereocenters. The van der Waals surface area contributed by atoms with Gasteiger partial charge in [-0.3, -0.25) is 9.48 Å². The van der Waals surface area contributed by atoms with E-state index >= 15 is 0 Å². The number of fused-ring (bicyclic) bond motifs is 1. The minimum Gasteiger partial charge on any atom is -0.383 e. The molecule has 0 bridgehead atoms. The summed E-state index contributed by atoms with van der Waals surface area (Å²) in [6.45, 7) is 1.03. The number of alkyl halides is 3. The molecule has 0 spiro atoms. The highest BCUT2D eigenvalue weighted by molar-refractivity contribution is 6.31. The van der Waals surface area contributed by atoms with Crippen molar-refractivity contribution in [3.8, 4) is 0 Å². The number of methoxy groups -OCH3 is 1. The van der Waals surface area contributed by atoms with Gasteiger partial charge in [-0.1, -0.05) is 11.6 Å². The van der Waals surface area contributed by atoms with E-state index in [-0.39, 0.29) is 23.5 Å². The van der Waals surface area contributed by atoms with Gasteiger partial charge in [0.2, 0.25) is 0 Å². The number of carbonyl (C=O) groups is 1. The lowest BCUT2D eigenvalue weighted by Gasteiger charge is -2.31. The molecule has 1 unspecified atom stereocenters. The quantitative estimate of drug-likeness (QED) is 0.487. The number of hydrogen-bond acceptors (Lipinski definition) is 5. The molecule has 2 aromatic heterocycles. The molecule has 34 heavy (non-hydrogen) atoms. The summed E-state index contributed by atoms with van der Waals surface area (Å²) in [6.07, 6.45) is 1.57. The third-order valence-corrected chi connectivity index (χ3v) is 6.09. The summed E-state index contributed by atoms with van der Waals surface area (Å²) >= 11 is 6.09. The van der Waals surface area contributed by atoms with Crippen molar-refractivity contribution in [1.82, 2.24) is 20.1 Å². The zero-order chi connectivity index (χ0) is 24.3. The first-order valence-electron chi connectivity index (χ1n) is 11.0. The molecule has 7 nitrogen and oxygen atoms in total. The molecule has 182 valence electrons. The third kappa shape index (κ3) is 5.79. The second-order valence-corrected chi connectivity index (χ2v) is 8.81. The van der Waals surface area contributed by atoms with E-state index in [9.17, 15) is 18.0 Å². The van der Waals surface area contributed by atoms with E-state index in [4.69, 9.17) is 16.3 Å². The van der Waals surface area contributed by atoms with Gasteiger partial charge in [-0.25, -0.2) is 4.98 Å². The van der Waals surface area contributed by atoms with Crippen molar-refractivity contribution < 1.29 is 22.7 Å². The second-order valence-electron chi connectivity index (χ2n) is 8.38. The van der Waals surface area contributed by atoms with Crippen molar-refractivity contribution in [3.05, 3.63) is 52.9 Å². The standard InChI is InChI=1S/C23H25ClF3N5O2/c1-34-8-7-32-13-14(12-28-32)22(33)30-17-4-2-3-16(10-17)29-20-11-21(23(25,26)27)31-19-6-5-15(24)9-18(19)20/h5-6,9,11-13,16-17H,2-4,7-8,10H2,1H3,(H,29,31)(H,30,33)/t16?,17-/m1/s1. The summed E-state index contributed by atoms with van der Waals surface area (Å²) in [5.74, 6) is -0.227. The third-order valence-electron chi connectivity index (χ3n) is 5.85. The van der Waals surface area contributed by atoms with Crippen molar-refractivity contribution in [2.75, 3.05) is 19.0 Å². The van der Waals surface area contributed by atoms with Crippen LogP contribution < -0.4 is 10.6 Å². The number of nitrogens with zero attached hydrogens (tertiary/aromatic N) is 3. The molecular formula is C23H25ClF3N5O2. The number of anilines is 1. The van der Waals surface area contributed by atoms with E-state index < -0.39 is 11.9 Å². The molecule has 1 fully saturated rings. The van der Waals surface area contributed by atoms with Crippen LogP contribution >= 0.6 is 11.6 Å². The topological polar surface area (TPSA) is 81.1 Å². The van der Waals surface area contributed by atoms with Crippen molar-refractivity contribution in [2.45, 2.75) is 50.5 Å². The summed E-state index contributed by atoms with van der Waals surface area (Å²) < 4.78 is 46.9. The van der Waals surface area contributed by atoms with Crippen molar-refractivity contribution in [2.24, 2.45) is 0 Å². The Hall–Kier alpha value is -2.85. The Morgan fingerprint density at radius 2 is 2.06 bits per heavy atom. The van der Waals surface area contributed by atoms with Crippen LogP contribution in [-0.2, 0) is 17.5 Å². The fourth-order valence-electron chi connectivity index (χ4n) is 4.19. The van der Waals surface area contributed by atoms with Gasteiger partial charge >= 0.3 is 6.18 Å². The summed E-state index contributed by atoms with van der Waals surface area (Å²) in [6, 6.07) is 5.40. The van der Waals surface area contributed by atoms with Crippen LogP contribution in [-0.4, -0.2) is 46.5 Å². The number of ether oxygens (including phenoxy) is 1. The Kier molecular flexibility index (Phi) is 7.27. The monoisotopic (exact) mass is 495 g/mol. The van der Waals surface area contributed by atoms with E-state index in [2.05, 4.69) is 20.7 Å². The predicted octanol–water partition coefficient (Wildman–Crippen LogP) is 4.90. The van der Waals surface area contributed by atoms with E-state index in [1.165, 1.54) is 18.3 Å². The van der Waals surface area contributed by atoms with Gasteiger partial charge in [-0.2, -0.15) is 18.3 Å². The minimum absolute atomic E-state index is 0.111. The molecule has 1 amide bonds. The molecule has 1 aliphatic rings. The van der Waals surface area contributed by atoms with Gasteiger partial charge in [0, 0.05) is 41.5 Å². The first kappa shape index (κ1) is 24.3. The maximum Gasteiger partial charge on any atom is 0.433 e. The fraction of sp³-hybridized carbons (Fsp3) is 0.435. The van der Waals surface area contributed by atoms with Crippen LogP contribution in [0.1, 0.15) is 41.7 Å². The smallest absolute Gasteiger partial charge is 0.383 e. The van der Waals surface area contributed by atoms with Gasteiger partial charge in [-0.15, -0.1) is 0 Å². The molecule has 1 aliphatic carbocycles. The average Bonchev–Trinajstić information content (AvgIpc) is 3.27. The van der Waals surface area contributed by atoms with Crippen molar-refractivity contribution in [3.63, 3.8) is 0 Å². The zero-order valence-corrected chi connectivity index (χ0v) is 19.3. The van der Waals surface area contributed by atoms with Gasteiger partial charge < -0.3 is 15.4 Å². The maximum atomic E-state index is 13.4. The van der Waals surface area contributed by atoms with Crippen LogP contribution in [0.4, 0.5) is 18.9 Å². The molecule has 3 aromatic rings. The highest BCUT2D eigenvalue weighted by Gasteiger charge is 2.34. The Morgan fingerprint density at radius 3 is 2.82 bits per heavy atom. The summed E-state index contributed by atoms with van der Waals surface area (Å²) in [5, 5.41) is 11.4. The van der Waals surface area contributed by atoms with Gasteiger partial charge in [-0.05, 0) is 49.9 Å². The predicted molar refractivity (Wildman–Crippen MR) is 123 cm³/mol. The number of hydrogen-bond donors (Lipinski definition) is 2. The van der Waals surface area contributed by atoms with Crippen LogP contribution in [0.25, 0.3) is 10.9 Å². The van der Waals surface area contributed by atoms with Gasteiger partial charge in [0.05, 0.1) is 30.4 Å². The Morgan fingerprint density at radius 1 is 1.26 bits per heavy atom. The number of nitrogens with one attached hydrogen (secondary N) is 2. The number of halogens is 4. The first-order valence-corrected chi connectivity index (χ1v) is 11.4. The molecule has 2 N–H and O–H groups in total. The number of aromatic nitrogens is 3. The molecule has 2 heterocycles. The average molecular weight is 496 g/mol. The van der Waals surface area contributed by atoms with Gasteiger partial charge in [0.25, 0.3) is 5.91 Å². The van der Waals surface area contributed by atoms with E-state index in [0.717, 1.165) is 25.3 Å². The second kappa shape index (κ2) is 10.2. The Bertz CT molecular complexity index is 1170. The van der Waals surface area contributed by atoms with Crippen LogP contribution in [0.15, 0.2) is 36.7 Å². The highest BCUT2D eigenvalue weighted by atomic mass is 35.5. The lowest BCUT2D eigenvalue weighted by atomic mass is 9.90. The summed E-state index contributed by atoms with van der Waals surface area (Å²) in [5.41, 5.74) is 0.0378. The fourth-order valence-corrected chi connectivity index (χ4v) is 4.36. The van der Waals surface area contributed by atoms with Gasteiger partial charge in [0.1, 0.15) is 5.69 Å². The van der Waals surface area contributed by atoms with Crippen LogP contribution in [0, 0.1) is 0 Å².